The Bertz CT molecular complexity index is 257. The zero-order valence-corrected chi connectivity index (χ0v) is 10.1. The van der Waals surface area contributed by atoms with Crippen molar-refractivity contribution in [1.29, 1.82) is 0 Å². The SMILES string of the molecule is CCN(C)C(=O)C1CCC(CC(=O)O)CC1. The third-order valence-electron chi connectivity index (χ3n) is 3.51. The van der Waals surface area contributed by atoms with E-state index in [1.165, 1.54) is 0 Å². The van der Waals surface area contributed by atoms with Crippen LogP contribution in [0.25, 0.3) is 0 Å². The molecule has 0 aliphatic heterocycles. The number of amides is 1. The highest BCUT2D eigenvalue weighted by Gasteiger charge is 2.28. The predicted molar refractivity (Wildman–Crippen MR) is 61.0 cm³/mol. The van der Waals surface area contributed by atoms with Crippen LogP contribution in [0.4, 0.5) is 0 Å². The van der Waals surface area contributed by atoms with Gasteiger partial charge in [-0.3, -0.25) is 9.59 Å². The molecule has 1 rings (SSSR count). The first kappa shape index (κ1) is 13.0. The summed E-state index contributed by atoms with van der Waals surface area (Å²) in [4.78, 5) is 24.2. The molecule has 1 saturated carbocycles. The summed E-state index contributed by atoms with van der Waals surface area (Å²) in [7, 11) is 1.83. The van der Waals surface area contributed by atoms with E-state index in [2.05, 4.69) is 0 Å². The van der Waals surface area contributed by atoms with Gasteiger partial charge in [0.2, 0.25) is 5.91 Å². The van der Waals surface area contributed by atoms with Crippen molar-refractivity contribution in [3.8, 4) is 0 Å². The molecular weight excluding hydrogens is 206 g/mol. The quantitative estimate of drug-likeness (QED) is 0.796. The molecule has 92 valence electrons. The molecule has 1 aliphatic rings. The lowest BCUT2D eigenvalue weighted by molar-refractivity contribution is -0.138. The van der Waals surface area contributed by atoms with E-state index in [0.29, 0.717) is 0 Å². The Hall–Kier alpha value is -1.06. The van der Waals surface area contributed by atoms with E-state index in [-0.39, 0.29) is 24.2 Å². The van der Waals surface area contributed by atoms with Crippen molar-refractivity contribution in [1.82, 2.24) is 4.90 Å². The van der Waals surface area contributed by atoms with Gasteiger partial charge in [-0.05, 0) is 38.5 Å². The Balaban J connectivity index is 2.37. The van der Waals surface area contributed by atoms with Crippen molar-refractivity contribution >= 4 is 11.9 Å². The van der Waals surface area contributed by atoms with Gasteiger partial charge in [-0.15, -0.1) is 0 Å². The molecule has 0 unspecified atom stereocenters. The zero-order valence-electron chi connectivity index (χ0n) is 10.1. The highest BCUT2D eigenvalue weighted by atomic mass is 16.4. The molecule has 0 radical (unpaired) electrons. The fourth-order valence-electron chi connectivity index (χ4n) is 2.33. The minimum absolute atomic E-state index is 0.120. The number of carbonyl (C=O) groups excluding carboxylic acids is 1. The van der Waals surface area contributed by atoms with E-state index in [1.807, 2.05) is 14.0 Å². The molecule has 4 heteroatoms. The summed E-state index contributed by atoms with van der Waals surface area (Å²) >= 11 is 0. The van der Waals surface area contributed by atoms with Crippen molar-refractivity contribution in [3.05, 3.63) is 0 Å². The minimum atomic E-state index is -0.722. The van der Waals surface area contributed by atoms with Gasteiger partial charge in [0.15, 0.2) is 0 Å². The van der Waals surface area contributed by atoms with Gasteiger partial charge in [0.25, 0.3) is 0 Å². The molecule has 0 aromatic rings. The molecule has 0 aromatic heterocycles. The van der Waals surface area contributed by atoms with Crippen LogP contribution in [-0.2, 0) is 9.59 Å². The van der Waals surface area contributed by atoms with Gasteiger partial charge in [-0.1, -0.05) is 0 Å². The van der Waals surface area contributed by atoms with Crippen LogP contribution in [-0.4, -0.2) is 35.5 Å². The van der Waals surface area contributed by atoms with Crippen molar-refractivity contribution < 1.29 is 14.7 Å². The van der Waals surface area contributed by atoms with Crippen LogP contribution in [0.3, 0.4) is 0 Å². The Morgan fingerprint density at radius 3 is 2.25 bits per heavy atom. The molecule has 0 atom stereocenters. The van der Waals surface area contributed by atoms with Crippen molar-refractivity contribution in [2.24, 2.45) is 11.8 Å². The smallest absolute Gasteiger partial charge is 0.303 e. The van der Waals surface area contributed by atoms with Gasteiger partial charge in [0.1, 0.15) is 0 Å². The minimum Gasteiger partial charge on any atom is -0.481 e. The van der Waals surface area contributed by atoms with E-state index in [9.17, 15) is 9.59 Å². The van der Waals surface area contributed by atoms with Crippen LogP contribution in [0, 0.1) is 11.8 Å². The summed E-state index contributed by atoms with van der Waals surface area (Å²) in [6.07, 6.45) is 3.70. The van der Waals surface area contributed by atoms with E-state index < -0.39 is 5.97 Å². The van der Waals surface area contributed by atoms with Crippen molar-refractivity contribution in [3.63, 3.8) is 0 Å². The highest BCUT2D eigenvalue weighted by Crippen LogP contribution is 2.31. The number of carbonyl (C=O) groups is 2. The van der Waals surface area contributed by atoms with Gasteiger partial charge in [-0.2, -0.15) is 0 Å². The van der Waals surface area contributed by atoms with Crippen LogP contribution in [0.2, 0.25) is 0 Å². The van der Waals surface area contributed by atoms with Crippen LogP contribution in [0.1, 0.15) is 39.0 Å². The molecule has 1 N–H and O–H groups in total. The summed E-state index contributed by atoms with van der Waals surface area (Å²) in [5.41, 5.74) is 0. The molecule has 0 aromatic carbocycles. The molecule has 0 bridgehead atoms. The average Bonchev–Trinajstić information content (AvgIpc) is 2.27. The van der Waals surface area contributed by atoms with Crippen LogP contribution in [0.5, 0.6) is 0 Å². The van der Waals surface area contributed by atoms with Crippen LogP contribution < -0.4 is 0 Å². The van der Waals surface area contributed by atoms with Crippen molar-refractivity contribution in [2.75, 3.05) is 13.6 Å². The molecule has 0 heterocycles. The number of nitrogens with zero attached hydrogens (tertiary/aromatic N) is 1. The normalized spacial score (nSPS) is 25.1. The first-order chi connectivity index (χ1) is 7.54. The number of aliphatic carboxylic acids is 1. The van der Waals surface area contributed by atoms with E-state index in [4.69, 9.17) is 5.11 Å². The van der Waals surface area contributed by atoms with E-state index >= 15 is 0 Å². The average molecular weight is 227 g/mol. The Kier molecular flexibility index (Phi) is 4.77. The fourth-order valence-corrected chi connectivity index (χ4v) is 2.33. The zero-order chi connectivity index (χ0) is 12.1. The largest absolute Gasteiger partial charge is 0.481 e. The Morgan fingerprint density at radius 1 is 1.25 bits per heavy atom. The second-order valence-corrected chi connectivity index (χ2v) is 4.67. The summed E-state index contributed by atoms with van der Waals surface area (Å²) < 4.78 is 0. The van der Waals surface area contributed by atoms with Gasteiger partial charge in [0.05, 0.1) is 0 Å². The van der Waals surface area contributed by atoms with Gasteiger partial charge >= 0.3 is 5.97 Å². The van der Waals surface area contributed by atoms with Crippen molar-refractivity contribution in [2.45, 2.75) is 39.0 Å². The van der Waals surface area contributed by atoms with Gasteiger partial charge in [0, 0.05) is 25.9 Å². The molecule has 1 amide bonds. The van der Waals surface area contributed by atoms with Gasteiger partial charge < -0.3 is 10.0 Å². The highest BCUT2D eigenvalue weighted by molar-refractivity contribution is 5.78. The maximum absolute atomic E-state index is 11.9. The number of rotatable bonds is 4. The maximum Gasteiger partial charge on any atom is 0.303 e. The third-order valence-corrected chi connectivity index (χ3v) is 3.51. The molecule has 16 heavy (non-hydrogen) atoms. The lowest BCUT2D eigenvalue weighted by Crippen LogP contribution is -2.35. The summed E-state index contributed by atoms with van der Waals surface area (Å²) in [5, 5.41) is 8.69. The lowest BCUT2D eigenvalue weighted by atomic mass is 9.80. The topological polar surface area (TPSA) is 57.6 Å². The maximum atomic E-state index is 11.9. The monoisotopic (exact) mass is 227 g/mol. The molecule has 1 aliphatic carbocycles. The Morgan fingerprint density at radius 2 is 1.81 bits per heavy atom. The third kappa shape index (κ3) is 3.51. The first-order valence-corrected chi connectivity index (χ1v) is 6.01. The van der Waals surface area contributed by atoms with Crippen LogP contribution >= 0.6 is 0 Å². The predicted octanol–water partition coefficient (Wildman–Crippen LogP) is 1.75. The summed E-state index contributed by atoms with van der Waals surface area (Å²) in [6.45, 7) is 2.71. The second-order valence-electron chi connectivity index (χ2n) is 4.67. The first-order valence-electron chi connectivity index (χ1n) is 6.01. The number of hydrogen-bond donors (Lipinski definition) is 1. The van der Waals surface area contributed by atoms with Crippen LogP contribution in [0.15, 0.2) is 0 Å². The molecule has 0 saturated heterocycles. The number of hydrogen-bond acceptors (Lipinski definition) is 2. The number of carboxylic acids is 1. The van der Waals surface area contributed by atoms with Gasteiger partial charge in [-0.25, -0.2) is 0 Å². The van der Waals surface area contributed by atoms with E-state index in [0.717, 1.165) is 32.2 Å². The summed E-state index contributed by atoms with van der Waals surface area (Å²) in [5.74, 6) is -0.111. The molecular formula is C12H21NO3. The molecule has 4 nitrogen and oxygen atoms in total. The van der Waals surface area contributed by atoms with E-state index in [1.54, 1.807) is 4.90 Å². The Labute approximate surface area is 96.6 Å². The standard InChI is InChI=1S/C12H21NO3/c1-3-13(2)12(16)10-6-4-9(5-7-10)8-11(14)15/h9-10H,3-8H2,1-2H3,(H,14,15). The molecule has 1 fully saturated rings. The molecule has 0 spiro atoms. The number of carboxylic acid groups (broad SMARTS) is 1. The fraction of sp³-hybridized carbons (Fsp3) is 0.833. The summed E-state index contributed by atoms with van der Waals surface area (Å²) in [6, 6.07) is 0. The second kappa shape index (κ2) is 5.87. The lowest BCUT2D eigenvalue weighted by Gasteiger charge is -2.29.